The molecule has 136 valence electrons. The van der Waals surface area contributed by atoms with E-state index in [1.807, 2.05) is 5.32 Å². The fraction of sp³-hybridized carbons (Fsp3) is 0.300. The molecule has 2 atom stereocenters. The minimum Gasteiger partial charge on any atom is -0.776 e. The molecule has 0 aliphatic carbocycles. The summed E-state index contributed by atoms with van der Waals surface area (Å²) >= 11 is 0. The number of rotatable bonds is 6. The van der Waals surface area contributed by atoms with Crippen LogP contribution in [0.15, 0.2) is 12.1 Å². The van der Waals surface area contributed by atoms with Crippen molar-refractivity contribution in [3.8, 4) is 17.2 Å². The summed E-state index contributed by atoms with van der Waals surface area (Å²) in [5.74, 6) is -3.62. The Balaban J connectivity index is 2.88. The Morgan fingerprint density at radius 3 is 1.88 bits per heavy atom. The molecule has 0 aliphatic rings. The van der Waals surface area contributed by atoms with Gasteiger partial charge in [-0.05, 0) is 12.1 Å². The highest BCUT2D eigenvalue weighted by Gasteiger charge is 2.46. The number of aliphatic hydroxyl groups is 1. The van der Waals surface area contributed by atoms with E-state index in [9.17, 15) is 39.0 Å². The van der Waals surface area contributed by atoms with Crippen LogP contribution in [0.1, 0.15) is 16.8 Å². The molecule has 14 heteroatoms. The van der Waals surface area contributed by atoms with E-state index < -0.39 is 62.0 Å². The van der Waals surface area contributed by atoms with Crippen LogP contribution in [-0.4, -0.2) is 47.7 Å². The van der Waals surface area contributed by atoms with Crippen molar-refractivity contribution in [1.82, 2.24) is 5.32 Å². The van der Waals surface area contributed by atoms with Crippen LogP contribution in [0.5, 0.6) is 17.2 Å². The molecule has 0 fully saturated rings. The monoisotopic (exact) mass is 385 g/mol. The van der Waals surface area contributed by atoms with Crippen molar-refractivity contribution in [2.45, 2.75) is 11.5 Å². The van der Waals surface area contributed by atoms with Gasteiger partial charge in [0.15, 0.2) is 37.5 Å². The summed E-state index contributed by atoms with van der Waals surface area (Å²) in [7, 11) is -11.9. The summed E-state index contributed by atoms with van der Waals surface area (Å²) in [6.45, 7) is -0.836. The van der Waals surface area contributed by atoms with E-state index in [2.05, 4.69) is 0 Å². The molecule has 1 aromatic rings. The Bertz CT molecular complexity index is 691. The summed E-state index contributed by atoms with van der Waals surface area (Å²) in [5, 5.41) is 35.1. The van der Waals surface area contributed by atoms with E-state index >= 15 is 0 Å². The van der Waals surface area contributed by atoms with Crippen LogP contribution < -0.4 is 15.1 Å². The minimum absolute atomic E-state index is 0.394. The zero-order valence-electron chi connectivity index (χ0n) is 11.7. The number of benzene rings is 1. The number of aromatic hydroxyl groups is 3. The Kier molecular flexibility index (Phi) is 5.69. The van der Waals surface area contributed by atoms with E-state index in [-0.39, 0.29) is 0 Å². The molecule has 12 nitrogen and oxygen atoms in total. The van der Waals surface area contributed by atoms with Crippen molar-refractivity contribution in [1.29, 1.82) is 0 Å². The van der Waals surface area contributed by atoms with Crippen LogP contribution in [-0.2, 0) is 9.13 Å². The first kappa shape index (κ1) is 20.4. The molecule has 1 aromatic carbocycles. The van der Waals surface area contributed by atoms with Crippen LogP contribution in [0.2, 0.25) is 0 Å². The molecule has 1 rings (SSSR count). The lowest BCUT2D eigenvalue weighted by atomic mass is 10.1. The zero-order valence-corrected chi connectivity index (χ0v) is 13.5. The normalized spacial score (nSPS) is 18.9. The number of phenols is 3. The van der Waals surface area contributed by atoms with Gasteiger partial charge in [0.05, 0.1) is 0 Å². The molecular formula is C10H13NO11P2-2. The lowest BCUT2D eigenvalue weighted by Crippen LogP contribution is -2.40. The highest BCUT2D eigenvalue weighted by atomic mass is 31.2. The topological polar surface area (TPSA) is 231 Å². The maximum atomic E-state index is 11.7. The molecule has 0 aliphatic heterocycles. The second kappa shape index (κ2) is 6.69. The van der Waals surface area contributed by atoms with Crippen molar-refractivity contribution < 1.29 is 53.9 Å². The summed E-state index contributed by atoms with van der Waals surface area (Å²) < 4.78 is 21.9. The van der Waals surface area contributed by atoms with Crippen LogP contribution in [0.4, 0.5) is 0 Å². The van der Waals surface area contributed by atoms with Crippen LogP contribution in [0.3, 0.4) is 0 Å². The second-order valence-corrected chi connectivity index (χ2v) is 8.60. The highest BCUT2D eigenvalue weighted by molar-refractivity contribution is 7.70. The minimum atomic E-state index is -5.95. The van der Waals surface area contributed by atoms with Crippen LogP contribution in [0, 0.1) is 0 Å². The van der Waals surface area contributed by atoms with E-state index in [1.54, 1.807) is 0 Å². The van der Waals surface area contributed by atoms with Crippen molar-refractivity contribution in [3.05, 3.63) is 17.7 Å². The van der Waals surface area contributed by atoms with Gasteiger partial charge in [0.25, 0.3) is 5.91 Å². The molecular weight excluding hydrogens is 372 g/mol. The summed E-state index contributed by atoms with van der Waals surface area (Å²) in [4.78, 5) is 51.2. The Hall–Kier alpha value is -1.65. The molecule has 1 amide bonds. The maximum Gasteiger partial charge on any atom is 0.251 e. The summed E-state index contributed by atoms with van der Waals surface area (Å²) in [5.41, 5.74) is -0.394. The highest BCUT2D eigenvalue weighted by Crippen LogP contribution is 2.64. The number of amides is 1. The summed E-state index contributed by atoms with van der Waals surface area (Å²) in [6.07, 6.45) is -1.30. The van der Waals surface area contributed by atoms with Crippen molar-refractivity contribution in [2.24, 2.45) is 0 Å². The molecule has 24 heavy (non-hydrogen) atoms. The first-order chi connectivity index (χ1) is 10.7. The molecule has 0 spiro atoms. The average molecular weight is 385 g/mol. The summed E-state index contributed by atoms with van der Waals surface area (Å²) in [6, 6.07) is 1.48. The van der Waals surface area contributed by atoms with Gasteiger partial charge < -0.3 is 54.4 Å². The number of hydrogen-bond acceptors (Lipinski definition) is 9. The largest absolute Gasteiger partial charge is 0.776 e. The molecule has 0 saturated carbocycles. The van der Waals surface area contributed by atoms with E-state index in [0.29, 0.717) is 0 Å². The molecule has 0 saturated heterocycles. The van der Waals surface area contributed by atoms with Gasteiger partial charge in [0.2, 0.25) is 0 Å². The number of phenolic OH excluding ortho intramolecular Hbond substituents is 3. The fourth-order valence-electron chi connectivity index (χ4n) is 1.62. The number of hydrogen-bond donors (Lipinski definition) is 7. The Morgan fingerprint density at radius 1 is 1.08 bits per heavy atom. The van der Waals surface area contributed by atoms with Gasteiger partial charge in [-0.25, -0.2) is 0 Å². The first-order valence-corrected chi connectivity index (χ1v) is 9.19. The lowest BCUT2D eigenvalue weighted by Gasteiger charge is -2.42. The van der Waals surface area contributed by atoms with Crippen LogP contribution in [0.25, 0.3) is 0 Å². The van der Waals surface area contributed by atoms with E-state index in [4.69, 9.17) is 14.9 Å². The van der Waals surface area contributed by atoms with Crippen LogP contribution >= 0.6 is 15.2 Å². The second-order valence-electron chi connectivity index (χ2n) is 4.68. The smallest absolute Gasteiger partial charge is 0.251 e. The molecule has 7 N–H and O–H groups in total. The predicted octanol–water partition coefficient (Wildman–Crippen LogP) is -2.34. The third-order valence-corrected chi connectivity index (χ3v) is 6.76. The average Bonchev–Trinajstić information content (AvgIpc) is 2.41. The fourth-order valence-corrected chi connectivity index (χ4v) is 3.69. The quantitative estimate of drug-likeness (QED) is 0.202. The third kappa shape index (κ3) is 4.05. The van der Waals surface area contributed by atoms with Gasteiger partial charge in [0.1, 0.15) is 0 Å². The van der Waals surface area contributed by atoms with Gasteiger partial charge in [-0.15, -0.1) is 0 Å². The third-order valence-electron chi connectivity index (χ3n) is 2.98. The Labute approximate surface area is 134 Å². The molecule has 0 heterocycles. The van der Waals surface area contributed by atoms with Crippen molar-refractivity contribution in [3.63, 3.8) is 0 Å². The lowest BCUT2D eigenvalue weighted by molar-refractivity contribution is -0.226. The standard InChI is InChI=1S/C10H15NO11P2/c12-6-3-5(4-7(13)8(6)14)9(15)11-2-1-10(16,23(17,18)19)24(20,21)22/h3-4,12-14,16H,1-2H2,(H,11,15)(H2,17,18,19)(H2,20,21,22)/p-2. The maximum absolute atomic E-state index is 11.7. The van der Waals surface area contributed by atoms with E-state index in [1.165, 1.54) is 0 Å². The predicted molar refractivity (Wildman–Crippen MR) is 73.0 cm³/mol. The number of carbonyl (C=O) groups excluding carboxylic acids is 1. The van der Waals surface area contributed by atoms with Gasteiger partial charge in [-0.2, -0.15) is 0 Å². The molecule has 2 unspecified atom stereocenters. The first-order valence-electron chi connectivity index (χ1n) is 6.04. The zero-order chi connectivity index (χ0) is 18.9. The van der Waals surface area contributed by atoms with Gasteiger partial charge >= 0.3 is 0 Å². The van der Waals surface area contributed by atoms with Crippen molar-refractivity contribution in [2.75, 3.05) is 6.54 Å². The number of carbonyl (C=O) groups is 1. The van der Waals surface area contributed by atoms with Crippen molar-refractivity contribution >= 4 is 21.1 Å². The van der Waals surface area contributed by atoms with Gasteiger partial charge in [-0.1, -0.05) is 0 Å². The molecule has 0 bridgehead atoms. The molecule has 0 aromatic heterocycles. The number of nitrogens with one attached hydrogen (secondary N) is 1. The van der Waals surface area contributed by atoms with E-state index in [0.717, 1.165) is 12.1 Å². The van der Waals surface area contributed by atoms with Gasteiger partial charge in [0, 0.05) is 18.5 Å². The SMILES string of the molecule is O=C(NCCC(O)(P(=O)([O-])O)P(=O)([O-])O)c1cc(O)c(O)c(O)c1. The van der Waals surface area contributed by atoms with Gasteiger partial charge in [-0.3, -0.25) is 4.79 Å². The molecule has 0 radical (unpaired) electrons. The Morgan fingerprint density at radius 2 is 1.50 bits per heavy atom.